The molecule has 1 saturated carbocycles. The number of rotatable bonds is 4. The predicted octanol–water partition coefficient (Wildman–Crippen LogP) is 6.01. The highest BCUT2D eigenvalue weighted by Crippen LogP contribution is 2.39. The van der Waals surface area contributed by atoms with Crippen molar-refractivity contribution in [3.8, 4) is 5.75 Å². The number of fused-ring (bicyclic) bond motifs is 1. The Balaban J connectivity index is 1.17. The Labute approximate surface area is 188 Å². The first-order valence-electron chi connectivity index (χ1n) is 12.5. The lowest BCUT2D eigenvalue weighted by Crippen LogP contribution is -2.58. The second-order valence-electron chi connectivity index (χ2n) is 11.7. The van der Waals surface area contributed by atoms with Crippen molar-refractivity contribution in [3.05, 3.63) is 42.0 Å². The van der Waals surface area contributed by atoms with E-state index in [1.165, 1.54) is 81.0 Å². The molecule has 3 heteroatoms. The minimum absolute atomic E-state index is 0.378. The molecular formula is C28H40N2O. The fourth-order valence-corrected chi connectivity index (χ4v) is 5.96. The van der Waals surface area contributed by atoms with Crippen molar-refractivity contribution in [1.82, 2.24) is 10.2 Å². The van der Waals surface area contributed by atoms with Gasteiger partial charge in [-0.05, 0) is 103 Å². The van der Waals surface area contributed by atoms with Crippen LogP contribution in [0.5, 0.6) is 5.75 Å². The van der Waals surface area contributed by atoms with E-state index in [0.717, 1.165) is 18.2 Å². The van der Waals surface area contributed by atoms with Crippen LogP contribution in [0.1, 0.15) is 64.9 Å². The van der Waals surface area contributed by atoms with E-state index in [4.69, 9.17) is 4.74 Å². The van der Waals surface area contributed by atoms with E-state index in [0.29, 0.717) is 16.9 Å². The van der Waals surface area contributed by atoms with E-state index < -0.39 is 0 Å². The van der Waals surface area contributed by atoms with Crippen molar-refractivity contribution in [1.29, 1.82) is 0 Å². The number of nitrogens with zero attached hydrogens (tertiary/aromatic N) is 1. The molecule has 0 unspecified atom stereocenters. The molecule has 168 valence electrons. The summed E-state index contributed by atoms with van der Waals surface area (Å²) in [7, 11) is 0. The van der Waals surface area contributed by atoms with Crippen LogP contribution in [-0.4, -0.2) is 37.2 Å². The van der Waals surface area contributed by atoms with Gasteiger partial charge in [-0.1, -0.05) is 39.0 Å². The van der Waals surface area contributed by atoms with Crippen molar-refractivity contribution in [2.24, 2.45) is 16.7 Å². The highest BCUT2D eigenvalue weighted by atomic mass is 16.5. The van der Waals surface area contributed by atoms with Crippen molar-refractivity contribution in [2.45, 2.75) is 71.9 Å². The normalized spacial score (nSPS) is 26.7. The zero-order chi connectivity index (χ0) is 21.5. The van der Waals surface area contributed by atoms with Gasteiger partial charge in [0.25, 0.3) is 0 Å². The Morgan fingerprint density at radius 1 is 0.935 bits per heavy atom. The summed E-state index contributed by atoms with van der Waals surface area (Å²) in [5.74, 6) is 1.87. The van der Waals surface area contributed by atoms with Crippen LogP contribution in [0.2, 0.25) is 0 Å². The molecule has 1 N–H and O–H groups in total. The van der Waals surface area contributed by atoms with Gasteiger partial charge < -0.3 is 10.1 Å². The summed E-state index contributed by atoms with van der Waals surface area (Å²) in [5, 5.41) is 6.09. The molecule has 2 saturated heterocycles. The molecule has 2 heterocycles. The first kappa shape index (κ1) is 21.3. The van der Waals surface area contributed by atoms with E-state index >= 15 is 0 Å². The van der Waals surface area contributed by atoms with Crippen LogP contribution in [0, 0.1) is 16.7 Å². The first-order valence-corrected chi connectivity index (χ1v) is 12.5. The minimum atomic E-state index is 0.378. The second-order valence-corrected chi connectivity index (χ2v) is 11.7. The molecule has 3 nitrogen and oxygen atoms in total. The summed E-state index contributed by atoms with van der Waals surface area (Å²) in [6.07, 6.45) is 8.04. The van der Waals surface area contributed by atoms with Gasteiger partial charge in [-0.3, -0.25) is 4.90 Å². The van der Waals surface area contributed by atoms with E-state index in [-0.39, 0.29) is 0 Å². The van der Waals surface area contributed by atoms with Gasteiger partial charge in [-0.25, -0.2) is 0 Å². The van der Waals surface area contributed by atoms with Crippen molar-refractivity contribution in [2.75, 3.05) is 26.2 Å². The van der Waals surface area contributed by atoms with Crippen LogP contribution in [0.4, 0.5) is 0 Å². The van der Waals surface area contributed by atoms with Gasteiger partial charge in [0, 0.05) is 19.6 Å². The lowest BCUT2D eigenvalue weighted by molar-refractivity contribution is 0.0520. The van der Waals surface area contributed by atoms with Crippen molar-refractivity contribution < 1.29 is 4.74 Å². The van der Waals surface area contributed by atoms with E-state index in [9.17, 15) is 0 Å². The SMILES string of the molecule is CC(C)(C)[C@H]1CC[C@H](Oc2ccc3cc(CN4CCC5(CC4)CNC5)ccc3c2)CC1. The summed E-state index contributed by atoms with van der Waals surface area (Å²) >= 11 is 0. The molecule has 5 rings (SSSR count). The average molecular weight is 421 g/mol. The van der Waals surface area contributed by atoms with Gasteiger partial charge in [0.2, 0.25) is 0 Å². The monoisotopic (exact) mass is 420 g/mol. The zero-order valence-electron chi connectivity index (χ0n) is 19.8. The molecule has 0 atom stereocenters. The third-order valence-corrected chi connectivity index (χ3v) is 8.40. The maximum Gasteiger partial charge on any atom is 0.120 e. The number of likely N-dealkylation sites (tertiary alicyclic amines) is 1. The topological polar surface area (TPSA) is 24.5 Å². The van der Waals surface area contributed by atoms with Gasteiger partial charge in [0.05, 0.1) is 6.10 Å². The number of piperidine rings is 1. The molecule has 2 aliphatic heterocycles. The molecule has 2 aromatic rings. The average Bonchev–Trinajstić information content (AvgIpc) is 2.73. The van der Waals surface area contributed by atoms with Crippen LogP contribution in [0.3, 0.4) is 0 Å². The van der Waals surface area contributed by atoms with Crippen LogP contribution < -0.4 is 10.1 Å². The van der Waals surface area contributed by atoms with Crippen LogP contribution in [0.15, 0.2) is 36.4 Å². The summed E-state index contributed by atoms with van der Waals surface area (Å²) in [6.45, 7) is 13.2. The van der Waals surface area contributed by atoms with Crippen LogP contribution in [-0.2, 0) is 6.54 Å². The summed E-state index contributed by atoms with van der Waals surface area (Å²) < 4.78 is 6.40. The fraction of sp³-hybridized carbons (Fsp3) is 0.643. The van der Waals surface area contributed by atoms with Gasteiger partial charge in [-0.15, -0.1) is 0 Å². The second kappa shape index (κ2) is 8.41. The number of ether oxygens (including phenoxy) is 1. The molecular weight excluding hydrogens is 380 g/mol. The Morgan fingerprint density at radius 3 is 2.26 bits per heavy atom. The summed E-state index contributed by atoms with van der Waals surface area (Å²) in [5.41, 5.74) is 2.49. The van der Waals surface area contributed by atoms with E-state index in [1.807, 2.05) is 0 Å². The Morgan fingerprint density at radius 2 is 1.61 bits per heavy atom. The lowest BCUT2D eigenvalue weighted by atomic mass is 9.72. The van der Waals surface area contributed by atoms with Crippen LogP contribution in [0.25, 0.3) is 10.8 Å². The molecule has 3 fully saturated rings. The molecule has 0 aromatic heterocycles. The van der Waals surface area contributed by atoms with Gasteiger partial charge >= 0.3 is 0 Å². The van der Waals surface area contributed by atoms with Gasteiger partial charge in [0.15, 0.2) is 0 Å². The van der Waals surface area contributed by atoms with Crippen molar-refractivity contribution in [3.63, 3.8) is 0 Å². The third kappa shape index (κ3) is 4.78. The maximum atomic E-state index is 6.40. The molecule has 2 aromatic carbocycles. The molecule has 1 spiro atoms. The van der Waals surface area contributed by atoms with E-state index in [1.54, 1.807) is 0 Å². The molecule has 0 bridgehead atoms. The Kier molecular flexibility index (Phi) is 5.77. The summed E-state index contributed by atoms with van der Waals surface area (Å²) in [6, 6.07) is 13.6. The third-order valence-electron chi connectivity index (χ3n) is 8.40. The highest BCUT2D eigenvalue weighted by Gasteiger charge is 2.39. The predicted molar refractivity (Wildman–Crippen MR) is 130 cm³/mol. The maximum absolute atomic E-state index is 6.40. The zero-order valence-corrected chi connectivity index (χ0v) is 19.8. The highest BCUT2D eigenvalue weighted by molar-refractivity contribution is 5.84. The summed E-state index contributed by atoms with van der Waals surface area (Å²) in [4.78, 5) is 2.64. The quantitative estimate of drug-likeness (QED) is 0.656. The minimum Gasteiger partial charge on any atom is -0.490 e. The Bertz CT molecular complexity index is 893. The van der Waals surface area contributed by atoms with Gasteiger partial charge in [0.1, 0.15) is 5.75 Å². The largest absolute Gasteiger partial charge is 0.490 e. The smallest absolute Gasteiger partial charge is 0.120 e. The fourth-order valence-electron chi connectivity index (χ4n) is 5.96. The van der Waals surface area contributed by atoms with Crippen molar-refractivity contribution >= 4 is 10.8 Å². The van der Waals surface area contributed by atoms with E-state index in [2.05, 4.69) is 67.4 Å². The number of hydrogen-bond donors (Lipinski definition) is 1. The molecule has 0 amide bonds. The number of benzene rings is 2. The standard InChI is InChI=1S/C28H40N2O/c1-27(2,3)24-7-10-25(11-8-24)31-26-9-6-22-16-21(4-5-23(22)17-26)18-30-14-12-28(13-15-30)19-29-20-28/h4-6,9,16-17,24-25,29H,7-8,10-15,18-20H2,1-3H3/t24-,25-. The first-order chi connectivity index (χ1) is 14.9. The number of nitrogens with one attached hydrogen (secondary N) is 1. The van der Waals surface area contributed by atoms with Gasteiger partial charge in [-0.2, -0.15) is 0 Å². The Hall–Kier alpha value is -1.58. The lowest BCUT2D eigenvalue weighted by Gasteiger charge is -2.48. The molecule has 3 aliphatic rings. The molecule has 1 aliphatic carbocycles. The molecule has 31 heavy (non-hydrogen) atoms. The molecule has 0 radical (unpaired) electrons. The number of hydrogen-bond acceptors (Lipinski definition) is 3. The van der Waals surface area contributed by atoms with Crippen LogP contribution >= 0.6 is 0 Å².